The predicted molar refractivity (Wildman–Crippen MR) is 138 cm³/mol. The van der Waals surface area contributed by atoms with E-state index in [2.05, 4.69) is 81.9 Å². The lowest BCUT2D eigenvalue weighted by Crippen LogP contribution is -2.44. The largest absolute Gasteiger partial charge is 0.377 e. The van der Waals surface area contributed by atoms with Gasteiger partial charge in [0, 0.05) is 18.4 Å². The Kier molecular flexibility index (Phi) is 8.63. The Balaban J connectivity index is 1.33. The molecule has 3 heteroatoms. The standard InChI is InChI=1S/C31H42O3/c1-5-26-19-28(26)29(33-22-25-14-10-7-11-15-25)20-27-18-23(2)31(3,4)30(34-27)16-17-32-21-24-12-8-6-9-13-24/h6-15,26-30H,2,5,16-22H2,1,3-4H3/t26-,27+,28-,29+,30+/m1/s1. The molecule has 2 aliphatic rings. The maximum Gasteiger partial charge on any atom is 0.0720 e. The highest BCUT2D eigenvalue weighted by molar-refractivity contribution is 5.16. The molecule has 1 heterocycles. The van der Waals surface area contributed by atoms with Crippen LogP contribution >= 0.6 is 0 Å². The first-order valence-corrected chi connectivity index (χ1v) is 13.1. The molecule has 0 amide bonds. The van der Waals surface area contributed by atoms with Crippen molar-refractivity contribution in [3.05, 3.63) is 83.9 Å². The van der Waals surface area contributed by atoms with Crippen molar-refractivity contribution >= 4 is 0 Å². The summed E-state index contributed by atoms with van der Waals surface area (Å²) in [6, 6.07) is 20.9. The molecule has 0 aromatic heterocycles. The maximum absolute atomic E-state index is 6.73. The van der Waals surface area contributed by atoms with Crippen molar-refractivity contribution in [2.45, 2.75) is 84.4 Å². The maximum atomic E-state index is 6.73. The Morgan fingerprint density at radius 2 is 1.65 bits per heavy atom. The molecule has 1 aliphatic heterocycles. The first kappa shape index (κ1) is 25.2. The summed E-state index contributed by atoms with van der Waals surface area (Å²) < 4.78 is 19.3. The smallest absolute Gasteiger partial charge is 0.0720 e. The fraction of sp³-hybridized carbons (Fsp3) is 0.548. The molecule has 0 radical (unpaired) electrons. The van der Waals surface area contributed by atoms with E-state index in [0.29, 0.717) is 25.7 Å². The van der Waals surface area contributed by atoms with Gasteiger partial charge in [0.2, 0.25) is 0 Å². The Morgan fingerprint density at radius 1 is 1.00 bits per heavy atom. The minimum absolute atomic E-state index is 0.0431. The number of ether oxygens (including phenoxy) is 3. The molecule has 184 valence electrons. The van der Waals surface area contributed by atoms with Crippen molar-refractivity contribution < 1.29 is 14.2 Å². The average Bonchev–Trinajstić information content (AvgIpc) is 3.63. The van der Waals surface area contributed by atoms with Gasteiger partial charge in [-0.05, 0) is 42.2 Å². The Hall–Kier alpha value is -1.94. The van der Waals surface area contributed by atoms with Gasteiger partial charge in [-0.15, -0.1) is 0 Å². The monoisotopic (exact) mass is 462 g/mol. The van der Waals surface area contributed by atoms with Crippen LogP contribution in [0.4, 0.5) is 0 Å². The molecule has 4 rings (SSSR count). The quantitative estimate of drug-likeness (QED) is 0.244. The van der Waals surface area contributed by atoms with Crippen molar-refractivity contribution in [2.75, 3.05) is 6.61 Å². The summed E-state index contributed by atoms with van der Waals surface area (Å²) in [4.78, 5) is 0. The third kappa shape index (κ3) is 6.59. The van der Waals surface area contributed by atoms with Gasteiger partial charge < -0.3 is 14.2 Å². The van der Waals surface area contributed by atoms with Crippen molar-refractivity contribution in [1.82, 2.24) is 0 Å². The molecule has 3 nitrogen and oxygen atoms in total. The van der Waals surface area contributed by atoms with Gasteiger partial charge in [0.25, 0.3) is 0 Å². The van der Waals surface area contributed by atoms with E-state index < -0.39 is 0 Å². The fourth-order valence-electron chi connectivity index (χ4n) is 5.34. The van der Waals surface area contributed by atoms with Gasteiger partial charge in [-0.2, -0.15) is 0 Å². The zero-order chi connectivity index (χ0) is 24.0. The fourth-order valence-corrected chi connectivity index (χ4v) is 5.34. The average molecular weight is 463 g/mol. The molecule has 0 bridgehead atoms. The van der Waals surface area contributed by atoms with Crippen molar-refractivity contribution in [3.8, 4) is 0 Å². The van der Waals surface area contributed by atoms with Crippen LogP contribution in [0.25, 0.3) is 0 Å². The summed E-state index contributed by atoms with van der Waals surface area (Å²) >= 11 is 0. The normalized spacial score (nSPS) is 26.9. The second-order valence-electron chi connectivity index (χ2n) is 10.7. The van der Waals surface area contributed by atoms with Crippen molar-refractivity contribution in [3.63, 3.8) is 0 Å². The number of hydrogen-bond acceptors (Lipinski definition) is 3. The van der Waals surface area contributed by atoms with E-state index in [4.69, 9.17) is 14.2 Å². The summed E-state index contributed by atoms with van der Waals surface area (Å²) in [5.41, 5.74) is 3.70. The van der Waals surface area contributed by atoms with E-state index >= 15 is 0 Å². The molecule has 5 atom stereocenters. The van der Waals surface area contributed by atoms with Crippen LogP contribution in [0.3, 0.4) is 0 Å². The summed E-state index contributed by atoms with van der Waals surface area (Å²) in [5, 5.41) is 0. The molecule has 2 aromatic carbocycles. The van der Waals surface area contributed by atoms with E-state index in [1.54, 1.807) is 0 Å². The zero-order valence-corrected chi connectivity index (χ0v) is 21.2. The Labute approximate surface area is 206 Å². The van der Waals surface area contributed by atoms with E-state index in [-0.39, 0.29) is 23.7 Å². The molecule has 1 aliphatic carbocycles. The van der Waals surface area contributed by atoms with Gasteiger partial charge in [0.05, 0.1) is 31.5 Å². The van der Waals surface area contributed by atoms with Gasteiger partial charge in [-0.3, -0.25) is 0 Å². The van der Waals surface area contributed by atoms with Gasteiger partial charge in [-0.25, -0.2) is 0 Å². The summed E-state index contributed by atoms with van der Waals surface area (Å²) in [6.45, 7) is 13.3. The predicted octanol–water partition coefficient (Wildman–Crippen LogP) is 7.35. The molecular formula is C31H42O3. The van der Waals surface area contributed by atoms with E-state index in [1.165, 1.54) is 29.5 Å². The van der Waals surface area contributed by atoms with Crippen LogP contribution in [-0.2, 0) is 27.4 Å². The van der Waals surface area contributed by atoms with Crippen LogP contribution in [0, 0.1) is 17.3 Å². The molecule has 0 spiro atoms. The molecule has 2 fully saturated rings. The molecule has 34 heavy (non-hydrogen) atoms. The SMILES string of the molecule is C=C1C[C@@H](C[C@H](OCc2ccccc2)[C@@H]2C[C@H]2CC)O[C@@H](CCOCc2ccccc2)C1(C)C. The van der Waals surface area contributed by atoms with Crippen LogP contribution in [0.1, 0.15) is 64.0 Å². The van der Waals surface area contributed by atoms with Crippen LogP contribution in [-0.4, -0.2) is 24.9 Å². The minimum Gasteiger partial charge on any atom is -0.377 e. The first-order valence-electron chi connectivity index (χ1n) is 13.1. The highest BCUT2D eigenvalue weighted by Crippen LogP contribution is 2.48. The lowest BCUT2D eigenvalue weighted by Gasteiger charge is -2.45. The summed E-state index contributed by atoms with van der Waals surface area (Å²) in [6.07, 6.45) is 5.80. The lowest BCUT2D eigenvalue weighted by atomic mass is 9.73. The highest BCUT2D eigenvalue weighted by atomic mass is 16.5. The highest BCUT2D eigenvalue weighted by Gasteiger charge is 2.45. The second-order valence-corrected chi connectivity index (χ2v) is 10.7. The minimum atomic E-state index is -0.0431. The molecular weight excluding hydrogens is 420 g/mol. The van der Waals surface area contributed by atoms with E-state index in [1.807, 2.05) is 6.07 Å². The van der Waals surface area contributed by atoms with Crippen LogP contribution in [0.2, 0.25) is 0 Å². The number of rotatable bonds is 12. The summed E-state index contributed by atoms with van der Waals surface area (Å²) in [5.74, 6) is 1.46. The zero-order valence-electron chi connectivity index (χ0n) is 21.2. The Morgan fingerprint density at radius 3 is 2.26 bits per heavy atom. The van der Waals surface area contributed by atoms with Crippen LogP contribution < -0.4 is 0 Å². The van der Waals surface area contributed by atoms with Crippen LogP contribution in [0.5, 0.6) is 0 Å². The van der Waals surface area contributed by atoms with Gasteiger partial charge in [-0.1, -0.05) is 100 Å². The lowest BCUT2D eigenvalue weighted by molar-refractivity contribution is -0.120. The van der Waals surface area contributed by atoms with E-state index in [9.17, 15) is 0 Å². The third-order valence-electron chi connectivity index (χ3n) is 7.96. The molecule has 2 aromatic rings. The summed E-state index contributed by atoms with van der Waals surface area (Å²) in [7, 11) is 0. The van der Waals surface area contributed by atoms with Crippen LogP contribution in [0.15, 0.2) is 72.8 Å². The third-order valence-corrected chi connectivity index (χ3v) is 7.96. The van der Waals surface area contributed by atoms with Gasteiger partial charge >= 0.3 is 0 Å². The molecule has 1 saturated heterocycles. The Bertz CT molecular complexity index is 891. The van der Waals surface area contributed by atoms with Gasteiger partial charge in [0.15, 0.2) is 0 Å². The van der Waals surface area contributed by atoms with Crippen molar-refractivity contribution in [1.29, 1.82) is 0 Å². The molecule has 0 N–H and O–H groups in total. The molecule has 0 unspecified atom stereocenters. The first-order chi connectivity index (χ1) is 16.5. The topological polar surface area (TPSA) is 27.7 Å². The number of benzene rings is 2. The van der Waals surface area contributed by atoms with Gasteiger partial charge in [0.1, 0.15) is 0 Å². The van der Waals surface area contributed by atoms with Crippen molar-refractivity contribution in [2.24, 2.45) is 17.3 Å². The van der Waals surface area contributed by atoms with E-state index in [0.717, 1.165) is 25.2 Å². The number of hydrogen-bond donors (Lipinski definition) is 0. The molecule has 1 saturated carbocycles. The second kappa shape index (κ2) is 11.7.